The number of carbonyl (C=O) groups is 1. The van der Waals surface area contributed by atoms with E-state index in [-0.39, 0.29) is 17.7 Å². The summed E-state index contributed by atoms with van der Waals surface area (Å²) in [5.74, 6) is 0.622. The van der Waals surface area contributed by atoms with Gasteiger partial charge in [0.05, 0.1) is 11.5 Å². The van der Waals surface area contributed by atoms with E-state index in [1.54, 1.807) is 30.3 Å². The van der Waals surface area contributed by atoms with Gasteiger partial charge in [-0.15, -0.1) is 11.3 Å². The fraction of sp³-hybridized carbons (Fsp3) is 0.400. The Morgan fingerprint density at radius 2 is 2.26 bits per heavy atom. The number of hydrogen-bond donors (Lipinski definition) is 2. The molecule has 2 saturated heterocycles. The number of benzene rings is 1. The van der Waals surface area contributed by atoms with Crippen LogP contribution in [-0.2, 0) is 4.74 Å². The van der Waals surface area contributed by atoms with Crippen LogP contribution in [0.1, 0.15) is 35.5 Å². The second kappa shape index (κ2) is 10.1. The highest BCUT2D eigenvalue weighted by molar-refractivity contribution is 7.97. The number of thiazole rings is 1. The number of rotatable bonds is 8. The van der Waals surface area contributed by atoms with Crippen LogP contribution in [-0.4, -0.2) is 52.8 Å². The molecule has 2 aliphatic heterocycles. The number of Topliss-reactive ketones (excluding diaryl/α,β-unsaturated/α-hetero) is 1. The van der Waals surface area contributed by atoms with Crippen LogP contribution in [0, 0.1) is 16.6 Å². The van der Waals surface area contributed by atoms with Gasteiger partial charge in [0, 0.05) is 54.6 Å². The SMILES string of the molecule is N=CC1=C(Nc2ccc(F)cc2)C=C2CCN(SCC3CCCO3)CC2(C(=O)c2nccs2)C1. The lowest BCUT2D eigenvalue weighted by molar-refractivity contribution is 0.0779. The first kappa shape index (κ1) is 23.4. The molecule has 5 rings (SSSR count). The molecule has 3 aliphatic rings. The average molecular weight is 499 g/mol. The minimum Gasteiger partial charge on any atom is -0.377 e. The molecule has 1 aromatic carbocycles. The molecule has 1 aromatic heterocycles. The Morgan fingerprint density at radius 1 is 1.41 bits per heavy atom. The number of nitrogens with one attached hydrogen (secondary N) is 2. The molecule has 2 aromatic rings. The van der Waals surface area contributed by atoms with E-state index in [1.165, 1.54) is 29.7 Å². The van der Waals surface area contributed by atoms with Gasteiger partial charge >= 0.3 is 0 Å². The third-order valence-electron chi connectivity index (χ3n) is 6.67. The topological polar surface area (TPSA) is 78.3 Å². The van der Waals surface area contributed by atoms with Gasteiger partial charge in [-0.3, -0.25) is 4.79 Å². The van der Waals surface area contributed by atoms with E-state index in [0.29, 0.717) is 18.0 Å². The third kappa shape index (κ3) is 4.75. The summed E-state index contributed by atoms with van der Waals surface area (Å²) in [6.07, 6.45) is 8.70. The Balaban J connectivity index is 1.43. The standard InChI is InChI=1S/C25H27FN4O2S2/c26-19-3-5-20(6-4-19)29-22-12-18-7-9-30(34-15-21-2-1-10-32-21)16-25(18,13-17(22)14-27)23(31)24-28-8-11-33-24/h3-6,8,11-12,14,21,27,29H,1-2,7,9-10,13,15-16H2. The van der Waals surface area contributed by atoms with Crippen LogP contribution in [0.5, 0.6) is 0 Å². The summed E-state index contributed by atoms with van der Waals surface area (Å²) in [4.78, 5) is 18.2. The Bertz CT molecular complexity index is 1110. The van der Waals surface area contributed by atoms with E-state index in [0.717, 1.165) is 60.7 Å². The van der Waals surface area contributed by atoms with Crippen LogP contribution < -0.4 is 5.32 Å². The molecule has 0 amide bonds. The lowest BCUT2D eigenvalue weighted by atomic mass is 9.66. The first-order chi connectivity index (χ1) is 16.6. The number of halogens is 1. The fourth-order valence-electron chi connectivity index (χ4n) is 4.88. The Hall–Kier alpha value is -2.33. The van der Waals surface area contributed by atoms with Crippen molar-refractivity contribution in [3.05, 3.63) is 69.6 Å². The monoisotopic (exact) mass is 498 g/mol. The summed E-state index contributed by atoms with van der Waals surface area (Å²) in [6.45, 7) is 2.26. The Labute approximate surface area is 206 Å². The van der Waals surface area contributed by atoms with Gasteiger partial charge in [-0.1, -0.05) is 17.5 Å². The largest absolute Gasteiger partial charge is 0.377 e. The fourth-order valence-corrected chi connectivity index (χ4v) is 6.73. The van der Waals surface area contributed by atoms with Gasteiger partial charge in [-0.05, 0) is 61.6 Å². The van der Waals surface area contributed by atoms with Gasteiger partial charge in [-0.2, -0.15) is 0 Å². The quantitative estimate of drug-likeness (QED) is 0.291. The maximum absolute atomic E-state index is 13.9. The van der Waals surface area contributed by atoms with Crippen molar-refractivity contribution in [2.24, 2.45) is 5.41 Å². The molecule has 0 radical (unpaired) electrons. The first-order valence-electron chi connectivity index (χ1n) is 11.5. The molecular formula is C25H27FN4O2S2. The summed E-state index contributed by atoms with van der Waals surface area (Å²) in [5, 5.41) is 13.8. The zero-order valence-electron chi connectivity index (χ0n) is 18.8. The number of allylic oxidation sites excluding steroid dienone is 2. The molecule has 178 valence electrons. The summed E-state index contributed by atoms with van der Waals surface area (Å²) in [6, 6.07) is 6.16. The van der Waals surface area contributed by atoms with Crippen molar-refractivity contribution in [2.75, 3.05) is 30.8 Å². The van der Waals surface area contributed by atoms with Crippen LogP contribution in [0.3, 0.4) is 0 Å². The summed E-state index contributed by atoms with van der Waals surface area (Å²) in [7, 11) is 0. The minimum absolute atomic E-state index is 0.0244. The number of anilines is 1. The van der Waals surface area contributed by atoms with E-state index in [2.05, 4.69) is 14.6 Å². The Kier molecular flexibility index (Phi) is 6.96. The number of ketones is 1. The molecular weight excluding hydrogens is 471 g/mol. The molecule has 0 bridgehead atoms. The number of hydrogen-bond acceptors (Lipinski definition) is 8. The van der Waals surface area contributed by atoms with Crippen molar-refractivity contribution in [2.45, 2.75) is 31.8 Å². The maximum atomic E-state index is 13.9. The Morgan fingerprint density at radius 3 is 2.97 bits per heavy atom. The predicted octanol–water partition coefficient (Wildman–Crippen LogP) is 5.33. The molecule has 0 spiro atoms. The number of ether oxygens (including phenoxy) is 1. The average Bonchev–Trinajstić information content (AvgIpc) is 3.58. The van der Waals surface area contributed by atoms with Gasteiger partial charge < -0.3 is 15.5 Å². The normalized spacial score (nSPS) is 25.1. The highest BCUT2D eigenvalue weighted by Crippen LogP contribution is 2.48. The van der Waals surface area contributed by atoms with Crippen molar-refractivity contribution >= 4 is 41.0 Å². The van der Waals surface area contributed by atoms with Gasteiger partial charge in [0.25, 0.3) is 0 Å². The molecule has 1 aliphatic carbocycles. The zero-order chi connectivity index (χ0) is 23.5. The molecule has 9 heteroatoms. The van der Waals surface area contributed by atoms with Crippen LogP contribution in [0.15, 0.2) is 58.8 Å². The molecule has 2 fully saturated rings. The number of piperidine rings is 1. The van der Waals surface area contributed by atoms with Crippen LogP contribution >= 0.6 is 23.3 Å². The molecule has 0 saturated carbocycles. The van der Waals surface area contributed by atoms with E-state index in [1.807, 2.05) is 11.5 Å². The van der Waals surface area contributed by atoms with E-state index >= 15 is 0 Å². The third-order valence-corrected chi connectivity index (χ3v) is 8.64. The number of carbonyl (C=O) groups excluding carboxylic acids is 1. The van der Waals surface area contributed by atoms with Crippen LogP contribution in [0.4, 0.5) is 10.1 Å². The number of aromatic nitrogens is 1. The van der Waals surface area contributed by atoms with Gasteiger partial charge in [0.15, 0.2) is 5.01 Å². The summed E-state index contributed by atoms with van der Waals surface area (Å²) < 4.78 is 21.4. The number of nitrogens with zero attached hydrogens (tertiary/aromatic N) is 2. The van der Waals surface area contributed by atoms with Gasteiger partial charge in [-0.25, -0.2) is 13.7 Å². The zero-order valence-corrected chi connectivity index (χ0v) is 20.4. The van der Waals surface area contributed by atoms with Crippen LogP contribution in [0.25, 0.3) is 0 Å². The molecule has 34 heavy (non-hydrogen) atoms. The molecule has 2 unspecified atom stereocenters. The minimum atomic E-state index is -0.750. The molecule has 2 atom stereocenters. The highest BCUT2D eigenvalue weighted by Gasteiger charge is 2.49. The smallest absolute Gasteiger partial charge is 0.203 e. The lowest BCUT2D eigenvalue weighted by Gasteiger charge is -2.45. The van der Waals surface area contributed by atoms with Crippen molar-refractivity contribution in [3.8, 4) is 0 Å². The predicted molar refractivity (Wildman–Crippen MR) is 135 cm³/mol. The highest BCUT2D eigenvalue weighted by atomic mass is 32.2. The van der Waals surface area contributed by atoms with E-state index in [4.69, 9.17) is 10.1 Å². The van der Waals surface area contributed by atoms with Crippen molar-refractivity contribution < 1.29 is 13.9 Å². The molecule has 2 N–H and O–H groups in total. The van der Waals surface area contributed by atoms with Crippen molar-refractivity contribution in [1.82, 2.24) is 9.29 Å². The van der Waals surface area contributed by atoms with Gasteiger partial charge in [0.1, 0.15) is 5.82 Å². The summed E-state index contributed by atoms with van der Waals surface area (Å²) in [5.41, 5.74) is 2.61. The molecule has 6 nitrogen and oxygen atoms in total. The summed E-state index contributed by atoms with van der Waals surface area (Å²) >= 11 is 3.13. The number of fused-ring (bicyclic) bond motifs is 1. The van der Waals surface area contributed by atoms with Crippen molar-refractivity contribution in [1.29, 1.82) is 5.41 Å². The first-order valence-corrected chi connectivity index (χ1v) is 13.3. The van der Waals surface area contributed by atoms with Crippen LogP contribution in [0.2, 0.25) is 0 Å². The van der Waals surface area contributed by atoms with E-state index < -0.39 is 5.41 Å². The maximum Gasteiger partial charge on any atom is 0.203 e. The second-order valence-electron chi connectivity index (χ2n) is 8.85. The lowest BCUT2D eigenvalue weighted by Crippen LogP contribution is -2.49. The van der Waals surface area contributed by atoms with E-state index in [9.17, 15) is 9.18 Å². The molecule has 3 heterocycles. The van der Waals surface area contributed by atoms with Gasteiger partial charge in [0.2, 0.25) is 5.78 Å². The van der Waals surface area contributed by atoms with Crippen molar-refractivity contribution in [3.63, 3.8) is 0 Å². The second-order valence-corrected chi connectivity index (χ2v) is 10.9.